The first-order valence-corrected chi connectivity index (χ1v) is 21.0. The Morgan fingerprint density at radius 3 is 1.47 bits per heavy atom. The second kappa shape index (κ2) is 15.2. The Bertz CT molecular complexity index is 2990. The van der Waals surface area contributed by atoms with Crippen LogP contribution in [0.1, 0.15) is 36.1 Å². The molecular weight excluding hydrogens is 723 g/mol. The molecule has 0 atom stereocenters. The van der Waals surface area contributed by atoms with Gasteiger partial charge in [-0.05, 0) is 151 Å². The van der Waals surface area contributed by atoms with Crippen LogP contribution in [0.4, 0.5) is 17.1 Å². The number of nitrogens with zero attached hydrogens (tertiary/aromatic N) is 1. The van der Waals surface area contributed by atoms with E-state index in [1.54, 1.807) is 0 Å². The van der Waals surface area contributed by atoms with Crippen molar-refractivity contribution in [1.29, 1.82) is 0 Å². The highest BCUT2D eigenvalue weighted by molar-refractivity contribution is 5.91. The van der Waals surface area contributed by atoms with E-state index >= 15 is 0 Å². The highest BCUT2D eigenvalue weighted by atomic mass is 15.1. The van der Waals surface area contributed by atoms with Crippen LogP contribution in [0.25, 0.3) is 66.8 Å². The van der Waals surface area contributed by atoms with Gasteiger partial charge in [0.1, 0.15) is 0 Å². The standard InChI is InChI=1S/C59H47N/c1-40-15-11-12-23-52(40)55-39-51(34-36-53(55)48-22-14-21-46(37-48)43-19-9-6-10-20-43)60(49-30-25-44(26-31-49)42-17-7-5-8-18-42)50-32-27-45(28-33-50)47-29-35-54-57(38-47)59(3,4)56-24-13-16-41(2)58(54)56/h5-39H,1-4H3. The van der Waals surface area contributed by atoms with Gasteiger partial charge in [0.2, 0.25) is 0 Å². The highest BCUT2D eigenvalue weighted by Crippen LogP contribution is 2.51. The second-order valence-corrected chi connectivity index (χ2v) is 16.7. The van der Waals surface area contributed by atoms with Crippen LogP contribution in [0.3, 0.4) is 0 Å². The van der Waals surface area contributed by atoms with Crippen molar-refractivity contribution in [1.82, 2.24) is 0 Å². The Labute approximate surface area is 354 Å². The molecule has 1 heteroatoms. The molecule has 0 N–H and O–H groups in total. The number of fused-ring (bicyclic) bond motifs is 3. The van der Waals surface area contributed by atoms with Gasteiger partial charge in [-0.2, -0.15) is 0 Å². The lowest BCUT2D eigenvalue weighted by molar-refractivity contribution is 0.660. The van der Waals surface area contributed by atoms with Crippen LogP contribution in [0.5, 0.6) is 0 Å². The Kier molecular flexibility index (Phi) is 9.38. The molecule has 0 bridgehead atoms. The lowest BCUT2D eigenvalue weighted by Crippen LogP contribution is -2.15. The number of aryl methyl sites for hydroxylation is 2. The lowest BCUT2D eigenvalue weighted by Gasteiger charge is -2.27. The topological polar surface area (TPSA) is 3.24 Å². The van der Waals surface area contributed by atoms with Gasteiger partial charge >= 0.3 is 0 Å². The average molecular weight is 770 g/mol. The van der Waals surface area contributed by atoms with E-state index in [2.05, 4.69) is 245 Å². The molecule has 0 aliphatic heterocycles. The summed E-state index contributed by atoms with van der Waals surface area (Å²) in [6.07, 6.45) is 0. The van der Waals surface area contributed by atoms with Crippen LogP contribution in [0, 0.1) is 13.8 Å². The number of anilines is 3. The van der Waals surface area contributed by atoms with Crippen molar-refractivity contribution in [2.24, 2.45) is 0 Å². The fourth-order valence-corrected chi connectivity index (χ4v) is 9.35. The summed E-state index contributed by atoms with van der Waals surface area (Å²) in [7, 11) is 0. The molecule has 0 aromatic heterocycles. The van der Waals surface area contributed by atoms with E-state index in [1.165, 1.54) is 89.0 Å². The Hall–Kier alpha value is -7.22. The molecule has 0 saturated heterocycles. The van der Waals surface area contributed by atoms with Gasteiger partial charge in [0, 0.05) is 22.5 Å². The van der Waals surface area contributed by atoms with E-state index in [1.807, 2.05) is 0 Å². The molecule has 0 heterocycles. The summed E-state index contributed by atoms with van der Waals surface area (Å²) in [6, 6.07) is 77.8. The van der Waals surface area contributed by atoms with Gasteiger partial charge in [-0.25, -0.2) is 0 Å². The second-order valence-electron chi connectivity index (χ2n) is 16.7. The summed E-state index contributed by atoms with van der Waals surface area (Å²) in [4.78, 5) is 2.40. The minimum atomic E-state index is -0.0564. The largest absolute Gasteiger partial charge is 0.310 e. The summed E-state index contributed by atoms with van der Waals surface area (Å²) in [5, 5.41) is 0. The van der Waals surface area contributed by atoms with Crippen LogP contribution in [0.2, 0.25) is 0 Å². The zero-order valence-corrected chi connectivity index (χ0v) is 34.7. The van der Waals surface area contributed by atoms with Gasteiger partial charge in [0.15, 0.2) is 0 Å². The summed E-state index contributed by atoms with van der Waals surface area (Å²) in [5.74, 6) is 0. The third kappa shape index (κ3) is 6.63. The van der Waals surface area contributed by atoms with Gasteiger partial charge in [-0.15, -0.1) is 0 Å². The van der Waals surface area contributed by atoms with E-state index in [0.29, 0.717) is 0 Å². The van der Waals surface area contributed by atoms with Gasteiger partial charge in [-0.3, -0.25) is 0 Å². The molecule has 0 unspecified atom stereocenters. The molecule has 9 aromatic rings. The molecule has 0 saturated carbocycles. The van der Waals surface area contributed by atoms with Crippen molar-refractivity contribution >= 4 is 17.1 Å². The molecule has 10 rings (SSSR count). The first-order chi connectivity index (χ1) is 29.3. The molecule has 0 spiro atoms. The number of benzene rings is 9. The van der Waals surface area contributed by atoms with Gasteiger partial charge in [-0.1, -0.05) is 178 Å². The summed E-state index contributed by atoms with van der Waals surface area (Å²) >= 11 is 0. The predicted octanol–water partition coefficient (Wildman–Crippen LogP) is 16.4. The van der Waals surface area contributed by atoms with Crippen LogP contribution in [0.15, 0.2) is 212 Å². The number of rotatable bonds is 8. The normalized spacial score (nSPS) is 12.5. The zero-order chi connectivity index (χ0) is 40.8. The summed E-state index contributed by atoms with van der Waals surface area (Å²) < 4.78 is 0. The van der Waals surface area contributed by atoms with Crippen LogP contribution < -0.4 is 4.90 Å². The molecule has 0 fully saturated rings. The maximum Gasteiger partial charge on any atom is 0.0468 e. The number of hydrogen-bond donors (Lipinski definition) is 0. The van der Waals surface area contributed by atoms with E-state index in [0.717, 1.165) is 17.1 Å². The average Bonchev–Trinajstić information content (AvgIpc) is 3.53. The lowest BCUT2D eigenvalue weighted by atomic mass is 9.81. The van der Waals surface area contributed by atoms with Gasteiger partial charge < -0.3 is 4.90 Å². The first-order valence-electron chi connectivity index (χ1n) is 21.0. The Morgan fingerprint density at radius 2 is 0.783 bits per heavy atom. The molecule has 0 radical (unpaired) electrons. The van der Waals surface area contributed by atoms with E-state index in [4.69, 9.17) is 0 Å². The molecular formula is C59H47N. The van der Waals surface area contributed by atoms with Crippen molar-refractivity contribution in [3.05, 3.63) is 235 Å². The highest BCUT2D eigenvalue weighted by Gasteiger charge is 2.36. The Morgan fingerprint density at radius 1 is 0.300 bits per heavy atom. The first kappa shape index (κ1) is 37.1. The third-order valence-corrected chi connectivity index (χ3v) is 12.6. The van der Waals surface area contributed by atoms with Gasteiger partial charge in [0.05, 0.1) is 0 Å². The molecule has 60 heavy (non-hydrogen) atoms. The summed E-state index contributed by atoms with van der Waals surface area (Å²) in [6.45, 7) is 9.17. The monoisotopic (exact) mass is 769 g/mol. The molecule has 0 amide bonds. The molecule has 9 aromatic carbocycles. The van der Waals surface area contributed by atoms with E-state index < -0.39 is 0 Å². The van der Waals surface area contributed by atoms with Crippen molar-refractivity contribution in [2.75, 3.05) is 4.90 Å². The molecule has 1 aliphatic carbocycles. The minimum Gasteiger partial charge on any atom is -0.310 e. The maximum atomic E-state index is 2.42. The van der Waals surface area contributed by atoms with Crippen molar-refractivity contribution < 1.29 is 0 Å². The fraction of sp³-hybridized carbons (Fsp3) is 0.0847. The van der Waals surface area contributed by atoms with Crippen LogP contribution >= 0.6 is 0 Å². The quantitative estimate of drug-likeness (QED) is 0.149. The predicted molar refractivity (Wildman–Crippen MR) is 255 cm³/mol. The third-order valence-electron chi connectivity index (χ3n) is 12.6. The smallest absolute Gasteiger partial charge is 0.0468 e. The summed E-state index contributed by atoms with van der Waals surface area (Å²) in [5.41, 5.74) is 23.5. The van der Waals surface area contributed by atoms with Crippen LogP contribution in [-0.4, -0.2) is 0 Å². The van der Waals surface area contributed by atoms with Crippen molar-refractivity contribution in [3.8, 4) is 66.8 Å². The SMILES string of the molecule is Cc1ccccc1-c1cc(N(c2ccc(-c3ccccc3)cc2)c2ccc(-c3ccc4c(c3)C(C)(C)c3cccc(C)c3-4)cc2)ccc1-c1cccc(-c2ccccc2)c1. The minimum absolute atomic E-state index is 0.0564. The van der Waals surface area contributed by atoms with Gasteiger partial charge in [0.25, 0.3) is 0 Å². The molecule has 288 valence electrons. The Balaban J connectivity index is 1.09. The molecule has 1 nitrogen and oxygen atoms in total. The van der Waals surface area contributed by atoms with Crippen LogP contribution in [-0.2, 0) is 5.41 Å². The van der Waals surface area contributed by atoms with Crippen molar-refractivity contribution in [3.63, 3.8) is 0 Å². The maximum absolute atomic E-state index is 2.42. The number of hydrogen-bond acceptors (Lipinski definition) is 1. The zero-order valence-electron chi connectivity index (χ0n) is 34.7. The molecule has 1 aliphatic rings. The van der Waals surface area contributed by atoms with E-state index in [-0.39, 0.29) is 5.41 Å². The van der Waals surface area contributed by atoms with E-state index in [9.17, 15) is 0 Å². The fourth-order valence-electron chi connectivity index (χ4n) is 9.35. The van der Waals surface area contributed by atoms with Crippen molar-refractivity contribution in [2.45, 2.75) is 33.1 Å².